The van der Waals surface area contributed by atoms with Gasteiger partial charge in [-0.05, 0) is 218 Å². The molecule has 0 N–H and O–H groups in total. The molecule has 0 radical (unpaired) electrons. The molecule has 8 heteroatoms. The summed E-state index contributed by atoms with van der Waals surface area (Å²) < 4.78 is 5.25. The molecular formula is C53H113N7O. The maximum absolute atomic E-state index is 5.25. The second-order valence-electron chi connectivity index (χ2n) is 25.9. The van der Waals surface area contributed by atoms with Gasteiger partial charge in [-0.3, -0.25) is 19.6 Å². The molecule has 0 bridgehead atoms. The number of ether oxygens (including phenoxy) is 1. The van der Waals surface area contributed by atoms with Crippen molar-refractivity contribution in [2.24, 2.45) is 22.7 Å². The molecule has 61 heavy (non-hydrogen) atoms. The average molecular weight is 865 g/mol. The first-order valence-electron chi connectivity index (χ1n) is 25.5. The zero-order valence-corrected chi connectivity index (χ0v) is 45.7. The third-order valence-electron chi connectivity index (χ3n) is 14.3. The second-order valence-corrected chi connectivity index (χ2v) is 25.9. The normalized spacial score (nSPS) is 24.4. The highest BCUT2D eigenvalue weighted by Crippen LogP contribution is 2.34. The van der Waals surface area contributed by atoms with E-state index in [1.54, 1.807) is 0 Å². The van der Waals surface area contributed by atoms with Crippen LogP contribution < -0.4 is 0 Å². The van der Waals surface area contributed by atoms with E-state index in [0.717, 1.165) is 38.1 Å². The Morgan fingerprint density at radius 1 is 0.311 bits per heavy atom. The molecule has 6 rings (SSSR count). The number of likely N-dealkylation sites (tertiary alicyclic amines) is 4. The largest absolute Gasteiger partial charge is 0.379 e. The minimum absolute atomic E-state index is 0.323. The number of hydrogen-bond acceptors (Lipinski definition) is 8. The van der Waals surface area contributed by atoms with E-state index in [2.05, 4.69) is 180 Å². The van der Waals surface area contributed by atoms with Crippen molar-refractivity contribution in [1.82, 2.24) is 34.3 Å². The van der Waals surface area contributed by atoms with Gasteiger partial charge in [-0.2, -0.15) is 0 Å². The third-order valence-corrected chi connectivity index (χ3v) is 14.3. The summed E-state index contributed by atoms with van der Waals surface area (Å²) in [5, 5.41) is 0. The maximum atomic E-state index is 5.25. The summed E-state index contributed by atoms with van der Waals surface area (Å²) in [6, 6.07) is 0. The van der Waals surface area contributed by atoms with Gasteiger partial charge in [0.05, 0.1) is 13.2 Å². The molecule has 6 aliphatic heterocycles. The molecule has 8 nitrogen and oxygen atoms in total. The molecule has 0 amide bonds. The Bertz CT molecular complexity index is 1000. The van der Waals surface area contributed by atoms with Crippen LogP contribution in [0.1, 0.15) is 176 Å². The van der Waals surface area contributed by atoms with E-state index in [1.807, 2.05) is 0 Å². The molecule has 6 saturated heterocycles. The van der Waals surface area contributed by atoms with Crippen LogP contribution in [0.25, 0.3) is 0 Å². The van der Waals surface area contributed by atoms with E-state index in [1.165, 1.54) is 130 Å². The molecule has 1 atom stereocenters. The number of hydrogen-bond donors (Lipinski definition) is 0. The lowest BCUT2D eigenvalue weighted by Gasteiger charge is -2.41. The molecule has 0 aromatic carbocycles. The number of piperazine rings is 1. The fraction of sp³-hybridized carbons (Fsp3) is 1.00. The number of rotatable bonds is 0. The highest BCUT2D eigenvalue weighted by Gasteiger charge is 2.30. The molecule has 6 aliphatic rings. The first-order valence-corrected chi connectivity index (χ1v) is 25.5. The molecule has 0 spiro atoms. The Morgan fingerprint density at radius 3 is 0.885 bits per heavy atom. The lowest BCUT2D eigenvalue weighted by Crippen LogP contribution is -2.52. The van der Waals surface area contributed by atoms with Crippen LogP contribution in [0.15, 0.2) is 0 Å². The van der Waals surface area contributed by atoms with Gasteiger partial charge in [0.2, 0.25) is 0 Å². The van der Waals surface area contributed by atoms with Crippen LogP contribution in [0.4, 0.5) is 0 Å². The lowest BCUT2D eigenvalue weighted by molar-refractivity contribution is -0.00389. The highest BCUT2D eigenvalue weighted by atomic mass is 16.5. The number of morpholine rings is 1. The molecule has 0 saturated carbocycles. The first kappa shape index (κ1) is 58.7. The van der Waals surface area contributed by atoms with Gasteiger partial charge in [-0.15, -0.1) is 0 Å². The summed E-state index contributed by atoms with van der Waals surface area (Å²) in [4.78, 5) is 17.4. The molecule has 366 valence electrons. The summed E-state index contributed by atoms with van der Waals surface area (Å²) in [5.74, 6) is 1.86. The highest BCUT2D eigenvalue weighted by molar-refractivity contribution is 4.84. The Hall–Kier alpha value is -0.320. The molecule has 0 aromatic rings. The van der Waals surface area contributed by atoms with Gasteiger partial charge in [-0.25, -0.2) is 0 Å². The zero-order valence-electron chi connectivity index (χ0n) is 45.7. The van der Waals surface area contributed by atoms with Crippen LogP contribution in [0, 0.1) is 22.7 Å². The zero-order chi connectivity index (χ0) is 46.9. The van der Waals surface area contributed by atoms with Crippen molar-refractivity contribution in [3.05, 3.63) is 0 Å². The Kier molecular flexibility index (Phi) is 25.7. The minimum atomic E-state index is 0.323. The average Bonchev–Trinajstić information content (AvgIpc) is 3.86. The van der Waals surface area contributed by atoms with Gasteiger partial charge in [-0.1, -0.05) is 48.0 Å². The lowest BCUT2D eigenvalue weighted by atomic mass is 9.75. The van der Waals surface area contributed by atoms with Crippen molar-refractivity contribution in [3.63, 3.8) is 0 Å². The molecule has 6 heterocycles. The van der Waals surface area contributed by atoms with Crippen molar-refractivity contribution in [3.8, 4) is 0 Å². The number of piperidine rings is 2. The van der Waals surface area contributed by atoms with Crippen LogP contribution in [0.5, 0.6) is 0 Å². The Morgan fingerprint density at radius 2 is 0.607 bits per heavy atom. The molecule has 6 fully saturated rings. The minimum Gasteiger partial charge on any atom is -0.379 e. The summed E-state index contributed by atoms with van der Waals surface area (Å²) in [6.45, 7) is 60.8. The van der Waals surface area contributed by atoms with Crippen LogP contribution in [-0.2, 0) is 4.74 Å². The van der Waals surface area contributed by atoms with Gasteiger partial charge in [0.1, 0.15) is 0 Å². The predicted molar refractivity (Wildman–Crippen MR) is 271 cm³/mol. The van der Waals surface area contributed by atoms with E-state index < -0.39 is 0 Å². The summed E-state index contributed by atoms with van der Waals surface area (Å²) in [7, 11) is 6.63. The molecule has 0 aliphatic carbocycles. The van der Waals surface area contributed by atoms with Crippen molar-refractivity contribution in [2.75, 3.05) is 126 Å². The van der Waals surface area contributed by atoms with Crippen molar-refractivity contribution < 1.29 is 4.74 Å². The molecule has 0 aromatic heterocycles. The summed E-state index contributed by atoms with van der Waals surface area (Å²) >= 11 is 0. The van der Waals surface area contributed by atoms with Crippen LogP contribution in [0.2, 0.25) is 0 Å². The van der Waals surface area contributed by atoms with Crippen LogP contribution in [0.3, 0.4) is 0 Å². The van der Waals surface area contributed by atoms with E-state index >= 15 is 0 Å². The van der Waals surface area contributed by atoms with Gasteiger partial charge < -0.3 is 19.4 Å². The predicted octanol–water partition coefficient (Wildman–Crippen LogP) is 10.7. The number of likely N-dealkylation sites (N-methyl/N-ethyl adjacent to an activating group) is 1. The number of nitrogens with zero attached hydrogens (tertiary/aromatic N) is 7. The fourth-order valence-electron chi connectivity index (χ4n) is 9.18. The summed E-state index contributed by atoms with van der Waals surface area (Å²) in [6.07, 6.45) is 11.2. The first-order chi connectivity index (χ1) is 27.8. The van der Waals surface area contributed by atoms with E-state index in [4.69, 9.17) is 4.74 Å². The van der Waals surface area contributed by atoms with Crippen molar-refractivity contribution >= 4 is 0 Å². The standard InChI is InChI=1S/C10H21N.C9H20N2.2C9H19N.C8H17NO.C8H17N/c1-10(2,3)9-5-7-11(4)8-6-9;1-9(2,3)11-7-5-10(4)6-8-11;1-9(2,3)8-5-6-10(4)7-8;1-9(2,3)10-7-5-4-6-8-10;1-8(2,3)9-4-6-10-7-5-9;1-8(2,3)9-6-4-5-7-9/h9H,5-8H2,1-4H3;5-8H2,1-4H3;8H,5-7H2,1-4H3;4-8H2,1-3H3;4-7H2,1-3H3;4-7H2,1-3H3. The van der Waals surface area contributed by atoms with Gasteiger partial charge in [0.15, 0.2) is 0 Å². The maximum Gasteiger partial charge on any atom is 0.0594 e. The van der Waals surface area contributed by atoms with Crippen molar-refractivity contribution in [2.45, 2.75) is 198 Å². The third kappa shape index (κ3) is 25.8. The second kappa shape index (κ2) is 26.7. The summed E-state index contributed by atoms with van der Waals surface area (Å²) in [5.41, 5.74) is 2.55. The quantitative estimate of drug-likeness (QED) is 0.238. The van der Waals surface area contributed by atoms with E-state index in [0.29, 0.717) is 33.0 Å². The Balaban J connectivity index is 0.000000366. The van der Waals surface area contributed by atoms with E-state index in [9.17, 15) is 0 Å². The topological polar surface area (TPSA) is 31.9 Å². The Labute approximate surface area is 384 Å². The van der Waals surface area contributed by atoms with E-state index in [-0.39, 0.29) is 0 Å². The van der Waals surface area contributed by atoms with Crippen molar-refractivity contribution in [1.29, 1.82) is 0 Å². The smallest absolute Gasteiger partial charge is 0.0594 e. The molecule has 1 unspecified atom stereocenters. The fourth-order valence-corrected chi connectivity index (χ4v) is 9.18. The van der Waals surface area contributed by atoms with Crippen LogP contribution >= 0.6 is 0 Å². The molecular weight excluding hydrogens is 751 g/mol. The van der Waals surface area contributed by atoms with Gasteiger partial charge >= 0.3 is 0 Å². The van der Waals surface area contributed by atoms with Gasteiger partial charge in [0, 0.05) is 68.0 Å². The van der Waals surface area contributed by atoms with Gasteiger partial charge in [0.25, 0.3) is 0 Å². The van der Waals surface area contributed by atoms with Crippen LogP contribution in [-0.4, -0.2) is 182 Å². The SMILES string of the molecule is CC(C)(C)N1CCCC1.CC(C)(C)N1CCCCC1.CC(C)(C)N1CCOCC1.CN1CCC(C(C)(C)C)C1.CN1CCC(C(C)(C)C)CC1.CN1CCN(C(C)(C)C)CC1. The monoisotopic (exact) mass is 864 g/mol.